The molecule has 0 saturated heterocycles. The summed E-state index contributed by atoms with van der Waals surface area (Å²) < 4.78 is 54.8. The van der Waals surface area contributed by atoms with Gasteiger partial charge in [0, 0.05) is 0 Å². The summed E-state index contributed by atoms with van der Waals surface area (Å²) in [4.78, 5) is 0. The number of unbranched alkanes of at least 4 members (excludes halogenated alkanes) is 2. The summed E-state index contributed by atoms with van der Waals surface area (Å²) in [6.45, 7) is 16.5. The lowest BCUT2D eigenvalue weighted by Crippen LogP contribution is -2.20. The van der Waals surface area contributed by atoms with Crippen molar-refractivity contribution in [1.82, 2.24) is 0 Å². The molecule has 0 heterocycles. The van der Waals surface area contributed by atoms with Gasteiger partial charge in [0.25, 0.3) is 0 Å². The molecule has 0 bridgehead atoms. The lowest BCUT2D eigenvalue weighted by Gasteiger charge is -2.29. The minimum absolute atomic E-state index is 0.0275. The van der Waals surface area contributed by atoms with Gasteiger partial charge in [0.05, 0.1) is 126 Å². The van der Waals surface area contributed by atoms with Crippen LogP contribution in [0.15, 0.2) is 24.3 Å². The first-order chi connectivity index (χ1) is 22.7. The Bertz CT molecular complexity index is 753. The fraction of sp³-hybridized carbons (Fsp3) is 0.829. The third-order valence-electron chi connectivity index (χ3n) is 7.37. The second kappa shape index (κ2) is 32.2. The van der Waals surface area contributed by atoms with Gasteiger partial charge in [-0.25, -0.2) is 0 Å². The smallest absolute Gasteiger partial charge is 0.119 e. The summed E-state index contributed by atoms with van der Waals surface area (Å²) in [6.07, 6.45) is 6.20. The molecule has 11 heteroatoms. The third kappa shape index (κ3) is 24.7. The van der Waals surface area contributed by atoms with Gasteiger partial charge >= 0.3 is 0 Å². The molecule has 0 aliphatic carbocycles. The van der Waals surface area contributed by atoms with Crippen LogP contribution < -0.4 is 4.74 Å². The van der Waals surface area contributed by atoms with Gasteiger partial charge in [0.1, 0.15) is 12.4 Å². The van der Waals surface area contributed by atoms with E-state index >= 15 is 0 Å². The molecule has 0 saturated carbocycles. The van der Waals surface area contributed by atoms with Gasteiger partial charge in [-0.2, -0.15) is 0 Å². The van der Waals surface area contributed by atoms with Gasteiger partial charge in [0.2, 0.25) is 0 Å². The Morgan fingerprint density at radius 2 is 0.826 bits per heavy atom. The van der Waals surface area contributed by atoms with Crippen molar-refractivity contribution in [2.45, 2.75) is 58.3 Å². The van der Waals surface area contributed by atoms with Crippen molar-refractivity contribution < 1.29 is 52.5 Å². The van der Waals surface area contributed by atoms with E-state index < -0.39 is 0 Å². The summed E-state index contributed by atoms with van der Waals surface area (Å²) in [6, 6.07) is 8.57. The molecule has 0 spiro atoms. The van der Waals surface area contributed by atoms with Crippen molar-refractivity contribution in [3.63, 3.8) is 0 Å². The van der Waals surface area contributed by atoms with Crippen LogP contribution in [0.2, 0.25) is 0 Å². The average molecular weight is 661 g/mol. The van der Waals surface area contributed by atoms with E-state index in [9.17, 15) is 0 Å². The van der Waals surface area contributed by atoms with Crippen molar-refractivity contribution in [2.75, 3.05) is 132 Å². The largest absolute Gasteiger partial charge is 0.491 e. The maximum Gasteiger partial charge on any atom is 0.119 e. The van der Waals surface area contributed by atoms with Crippen LogP contribution in [0.5, 0.6) is 5.75 Å². The molecule has 1 rings (SSSR count). The number of benzene rings is 1. The van der Waals surface area contributed by atoms with E-state index in [0.717, 1.165) is 12.2 Å². The SMILES string of the molecule is CCCCCC(C)(CC)c1ccc(OCCOCCOCCOCCOCCOCCOCCOCCOCCOCCO)cc1. The van der Waals surface area contributed by atoms with E-state index in [2.05, 4.69) is 45.0 Å². The second-order valence-electron chi connectivity index (χ2n) is 11.0. The molecule has 1 atom stereocenters. The highest BCUT2D eigenvalue weighted by molar-refractivity contribution is 5.32. The molecule has 0 aliphatic heterocycles. The lowest BCUT2D eigenvalue weighted by atomic mass is 9.76. The molecular weight excluding hydrogens is 596 g/mol. The quantitative estimate of drug-likeness (QED) is 0.103. The van der Waals surface area contributed by atoms with Crippen molar-refractivity contribution in [3.8, 4) is 5.75 Å². The average Bonchev–Trinajstić information content (AvgIpc) is 3.08. The first kappa shape index (κ1) is 42.6. The molecule has 270 valence electrons. The molecule has 11 nitrogen and oxygen atoms in total. The topological polar surface area (TPSA) is 113 Å². The Kier molecular flexibility index (Phi) is 29.8. The van der Waals surface area contributed by atoms with Crippen LogP contribution in [0.3, 0.4) is 0 Å². The van der Waals surface area contributed by atoms with Crippen LogP contribution in [0.25, 0.3) is 0 Å². The zero-order chi connectivity index (χ0) is 33.2. The van der Waals surface area contributed by atoms with E-state index in [1.807, 2.05) is 0 Å². The maximum absolute atomic E-state index is 8.59. The molecule has 0 radical (unpaired) electrons. The zero-order valence-electron chi connectivity index (χ0n) is 29.0. The first-order valence-corrected chi connectivity index (χ1v) is 17.2. The van der Waals surface area contributed by atoms with E-state index in [0.29, 0.717) is 126 Å². The summed E-state index contributed by atoms with van der Waals surface area (Å²) >= 11 is 0. The predicted octanol–water partition coefficient (Wildman–Crippen LogP) is 4.46. The normalized spacial score (nSPS) is 12.9. The maximum atomic E-state index is 8.59. The van der Waals surface area contributed by atoms with Crippen LogP contribution in [-0.4, -0.2) is 137 Å². The number of hydrogen-bond donors (Lipinski definition) is 1. The first-order valence-electron chi connectivity index (χ1n) is 17.2. The van der Waals surface area contributed by atoms with Crippen LogP contribution in [0, 0.1) is 0 Å². The summed E-state index contributed by atoms with van der Waals surface area (Å²) in [5.41, 5.74) is 1.62. The third-order valence-corrected chi connectivity index (χ3v) is 7.37. The van der Waals surface area contributed by atoms with Gasteiger partial charge in [-0.15, -0.1) is 0 Å². The molecule has 46 heavy (non-hydrogen) atoms. The monoisotopic (exact) mass is 660 g/mol. The molecule has 0 amide bonds. The highest BCUT2D eigenvalue weighted by Crippen LogP contribution is 2.34. The molecular formula is C35H64O11. The van der Waals surface area contributed by atoms with Crippen LogP contribution in [0.1, 0.15) is 58.4 Å². The highest BCUT2D eigenvalue weighted by Gasteiger charge is 2.23. The van der Waals surface area contributed by atoms with E-state index in [1.54, 1.807) is 0 Å². The molecule has 0 aromatic heterocycles. The van der Waals surface area contributed by atoms with Crippen molar-refractivity contribution >= 4 is 0 Å². The van der Waals surface area contributed by atoms with Crippen LogP contribution >= 0.6 is 0 Å². The number of rotatable bonds is 36. The highest BCUT2D eigenvalue weighted by atomic mass is 16.6. The minimum atomic E-state index is 0.0275. The molecule has 1 unspecified atom stereocenters. The van der Waals surface area contributed by atoms with E-state index in [-0.39, 0.29) is 12.0 Å². The Hall–Kier alpha value is -1.38. The van der Waals surface area contributed by atoms with Gasteiger partial charge in [-0.1, -0.05) is 52.2 Å². The Labute approximate surface area is 278 Å². The van der Waals surface area contributed by atoms with Crippen LogP contribution in [-0.2, 0) is 48.0 Å². The number of hydrogen-bond acceptors (Lipinski definition) is 11. The second-order valence-corrected chi connectivity index (χ2v) is 11.0. The van der Waals surface area contributed by atoms with Crippen molar-refractivity contribution in [3.05, 3.63) is 29.8 Å². The summed E-state index contributed by atoms with van der Waals surface area (Å²) in [5, 5.41) is 8.59. The molecule has 0 aliphatic rings. The van der Waals surface area contributed by atoms with Gasteiger partial charge in [0.15, 0.2) is 0 Å². The molecule has 0 fully saturated rings. The summed E-state index contributed by atoms with van der Waals surface area (Å²) in [7, 11) is 0. The Morgan fingerprint density at radius 3 is 1.15 bits per heavy atom. The van der Waals surface area contributed by atoms with Gasteiger partial charge in [-0.05, 0) is 36.0 Å². The van der Waals surface area contributed by atoms with E-state index in [1.165, 1.54) is 31.2 Å². The lowest BCUT2D eigenvalue weighted by molar-refractivity contribution is -0.0258. The van der Waals surface area contributed by atoms with E-state index in [4.69, 9.17) is 52.5 Å². The molecule has 1 aromatic carbocycles. The predicted molar refractivity (Wildman–Crippen MR) is 178 cm³/mol. The zero-order valence-corrected chi connectivity index (χ0v) is 29.0. The minimum Gasteiger partial charge on any atom is -0.491 e. The number of aliphatic hydroxyl groups excluding tert-OH is 1. The fourth-order valence-electron chi connectivity index (χ4n) is 4.39. The summed E-state index contributed by atoms with van der Waals surface area (Å²) in [5.74, 6) is 0.879. The Balaban J connectivity index is 1.78. The standard InChI is InChI=1S/C35H64O11/c1-4-6-7-12-35(3,5-2)33-8-10-34(11-9-33)46-32-31-45-30-29-44-28-27-43-26-25-42-24-23-41-22-21-40-20-19-39-18-17-38-16-15-37-14-13-36/h8-11,36H,4-7,12-32H2,1-3H3. The van der Waals surface area contributed by atoms with Crippen LogP contribution in [0.4, 0.5) is 0 Å². The van der Waals surface area contributed by atoms with Crippen molar-refractivity contribution in [2.24, 2.45) is 0 Å². The number of ether oxygens (including phenoxy) is 10. The van der Waals surface area contributed by atoms with Gasteiger partial charge < -0.3 is 52.5 Å². The number of aliphatic hydroxyl groups is 1. The molecule has 1 N–H and O–H groups in total. The van der Waals surface area contributed by atoms with Crippen molar-refractivity contribution in [1.29, 1.82) is 0 Å². The Morgan fingerprint density at radius 1 is 0.478 bits per heavy atom. The fourth-order valence-corrected chi connectivity index (χ4v) is 4.39. The van der Waals surface area contributed by atoms with Gasteiger partial charge in [-0.3, -0.25) is 0 Å². The molecule has 1 aromatic rings.